The number of ether oxygens (including phenoxy) is 1. The Morgan fingerprint density at radius 3 is 1.63 bits per heavy atom. The van der Waals surface area contributed by atoms with Gasteiger partial charge in [-0.05, 0) is 83.5 Å². The van der Waals surface area contributed by atoms with Crippen LogP contribution in [0.3, 0.4) is 0 Å². The van der Waals surface area contributed by atoms with E-state index in [4.69, 9.17) is 13.8 Å². The van der Waals surface area contributed by atoms with Gasteiger partial charge in [-0.25, -0.2) is 4.57 Å². The minimum Gasteiger partial charge on any atom is -0.463 e. The van der Waals surface area contributed by atoms with Crippen molar-refractivity contribution in [3.8, 4) is 0 Å². The molecule has 0 aromatic rings. The zero-order chi connectivity index (χ0) is 39.6. The number of rotatable bonds is 37. The van der Waals surface area contributed by atoms with Crippen molar-refractivity contribution in [2.45, 2.75) is 155 Å². The summed E-state index contributed by atoms with van der Waals surface area (Å²) in [5.41, 5.74) is 0. The maximum Gasteiger partial charge on any atom is 0.472 e. The number of phosphoric acid groups is 1. The Kier molecular flexibility index (Phi) is 37.8. The lowest BCUT2D eigenvalue weighted by Gasteiger charge is -2.15. The first kappa shape index (κ1) is 51.2. The lowest BCUT2D eigenvalue weighted by molar-refractivity contribution is -0.147. The highest BCUT2D eigenvalue weighted by molar-refractivity contribution is 7.47. The number of allylic oxidation sites excluding steroid dienone is 14. The fraction of sp³-hybridized carbons (Fsp3) is 0.636. The molecular weight excluding hydrogens is 701 g/mol. The maximum atomic E-state index is 12.1. The second-order valence-electron chi connectivity index (χ2n) is 13.2. The summed E-state index contributed by atoms with van der Waals surface area (Å²) in [6, 6.07) is 0. The summed E-state index contributed by atoms with van der Waals surface area (Å²) in [5.74, 6) is -0.598. The first-order valence-electron chi connectivity index (χ1n) is 20.6. The molecule has 3 N–H and O–H groups in total. The fourth-order valence-electron chi connectivity index (χ4n) is 4.97. The Balaban J connectivity index is 3.74. The first-order valence-corrected chi connectivity index (χ1v) is 22.1. The van der Waals surface area contributed by atoms with Gasteiger partial charge in [0.15, 0.2) is 0 Å². The second-order valence-corrected chi connectivity index (χ2v) is 14.7. The average molecular weight is 776 g/mol. The molecule has 1 amide bonds. The molecule has 2 unspecified atom stereocenters. The lowest BCUT2D eigenvalue weighted by atomic mass is 10.1. The first-order chi connectivity index (χ1) is 26.3. The molecule has 0 rings (SSSR count). The Morgan fingerprint density at radius 2 is 1.07 bits per heavy atom. The van der Waals surface area contributed by atoms with Crippen LogP contribution < -0.4 is 5.32 Å². The summed E-state index contributed by atoms with van der Waals surface area (Å²) >= 11 is 0. The molecule has 0 aliphatic heterocycles. The van der Waals surface area contributed by atoms with Gasteiger partial charge in [-0.15, -0.1) is 0 Å². The summed E-state index contributed by atoms with van der Waals surface area (Å²) in [6.45, 7) is 3.31. The van der Waals surface area contributed by atoms with Crippen LogP contribution in [0, 0.1) is 0 Å². The molecule has 0 saturated heterocycles. The molecule has 0 aromatic carbocycles. The number of aliphatic hydroxyl groups is 1. The number of esters is 1. The number of carbonyl (C=O) groups excluding carboxylic acids is 2. The van der Waals surface area contributed by atoms with Gasteiger partial charge in [0, 0.05) is 19.4 Å². The van der Waals surface area contributed by atoms with E-state index in [0.717, 1.165) is 77.0 Å². The van der Waals surface area contributed by atoms with Crippen molar-refractivity contribution in [3.05, 3.63) is 85.1 Å². The van der Waals surface area contributed by atoms with E-state index in [9.17, 15) is 24.2 Å². The molecule has 0 aliphatic rings. The molecule has 2 atom stereocenters. The monoisotopic (exact) mass is 776 g/mol. The van der Waals surface area contributed by atoms with E-state index in [1.54, 1.807) is 0 Å². The van der Waals surface area contributed by atoms with Crippen LogP contribution in [0.25, 0.3) is 0 Å². The second kappa shape index (κ2) is 39.9. The molecule has 308 valence electrons. The average Bonchev–Trinajstić information content (AvgIpc) is 3.16. The third-order valence-corrected chi connectivity index (χ3v) is 9.04. The minimum absolute atomic E-state index is 0.0444. The van der Waals surface area contributed by atoms with E-state index in [1.807, 2.05) is 0 Å². The van der Waals surface area contributed by atoms with E-state index < -0.39 is 26.5 Å². The minimum atomic E-state index is -4.44. The van der Waals surface area contributed by atoms with Gasteiger partial charge in [0.2, 0.25) is 5.91 Å². The van der Waals surface area contributed by atoms with Crippen LogP contribution in [0.5, 0.6) is 0 Å². The lowest BCUT2D eigenvalue weighted by Crippen LogP contribution is -2.27. The largest absolute Gasteiger partial charge is 0.472 e. The predicted molar refractivity (Wildman–Crippen MR) is 224 cm³/mol. The maximum absolute atomic E-state index is 12.1. The fourth-order valence-corrected chi connectivity index (χ4v) is 5.73. The molecular formula is C44H74NO8P. The summed E-state index contributed by atoms with van der Waals surface area (Å²) in [7, 11) is -4.44. The van der Waals surface area contributed by atoms with Crippen LogP contribution in [0.15, 0.2) is 85.1 Å². The number of nitrogens with one attached hydrogen (secondary N) is 1. The number of unbranched alkanes of at least 4 members (excludes halogenated alkanes) is 10. The molecule has 0 heterocycles. The molecule has 0 fully saturated rings. The van der Waals surface area contributed by atoms with Crippen molar-refractivity contribution in [2.24, 2.45) is 0 Å². The highest BCUT2D eigenvalue weighted by atomic mass is 31.2. The molecule has 9 nitrogen and oxygen atoms in total. The van der Waals surface area contributed by atoms with Crippen molar-refractivity contribution < 1.29 is 37.9 Å². The number of phosphoric ester groups is 1. The zero-order valence-electron chi connectivity index (χ0n) is 33.6. The number of carbonyl (C=O) groups is 2. The van der Waals surface area contributed by atoms with E-state index in [1.165, 1.54) is 32.1 Å². The molecule has 54 heavy (non-hydrogen) atoms. The SMILES string of the molecule is CC/C=C\C/C=C\C/C=C\C/C=C\C/C=C\CCCC(=O)NCCOP(=O)(O)OCC(O)COC(=O)CCCCCCC/C=C\C/C=C\CCCCCC. The van der Waals surface area contributed by atoms with Gasteiger partial charge in [0.05, 0.1) is 13.2 Å². The third kappa shape index (κ3) is 40.4. The van der Waals surface area contributed by atoms with Crippen molar-refractivity contribution in [2.75, 3.05) is 26.4 Å². The molecule has 0 bridgehead atoms. The molecule has 0 aliphatic carbocycles. The Labute approximate surface area is 328 Å². The normalized spacial score (nSPS) is 14.2. The van der Waals surface area contributed by atoms with Gasteiger partial charge in [0.1, 0.15) is 12.7 Å². The quantitative estimate of drug-likeness (QED) is 0.0246. The van der Waals surface area contributed by atoms with Crippen molar-refractivity contribution in [1.82, 2.24) is 5.32 Å². The van der Waals surface area contributed by atoms with Crippen LogP contribution >= 0.6 is 7.82 Å². The number of hydrogen-bond donors (Lipinski definition) is 3. The van der Waals surface area contributed by atoms with E-state index in [0.29, 0.717) is 19.3 Å². The van der Waals surface area contributed by atoms with Gasteiger partial charge < -0.3 is 20.1 Å². The molecule has 0 radical (unpaired) electrons. The molecule has 0 spiro atoms. The van der Waals surface area contributed by atoms with Crippen LogP contribution in [0.2, 0.25) is 0 Å². The summed E-state index contributed by atoms with van der Waals surface area (Å²) in [4.78, 5) is 33.8. The summed E-state index contributed by atoms with van der Waals surface area (Å²) in [6.07, 6.45) is 49.4. The van der Waals surface area contributed by atoms with Crippen LogP contribution in [0.4, 0.5) is 0 Å². The van der Waals surface area contributed by atoms with Gasteiger partial charge in [-0.1, -0.05) is 137 Å². The van der Waals surface area contributed by atoms with Crippen molar-refractivity contribution in [3.63, 3.8) is 0 Å². The molecule has 0 aromatic heterocycles. The zero-order valence-corrected chi connectivity index (χ0v) is 34.5. The Morgan fingerprint density at radius 1 is 0.593 bits per heavy atom. The van der Waals surface area contributed by atoms with Crippen molar-refractivity contribution in [1.29, 1.82) is 0 Å². The van der Waals surface area contributed by atoms with Crippen LogP contribution in [0.1, 0.15) is 149 Å². The van der Waals surface area contributed by atoms with Crippen LogP contribution in [-0.2, 0) is 27.9 Å². The smallest absolute Gasteiger partial charge is 0.463 e. The van der Waals surface area contributed by atoms with E-state index in [2.05, 4.69) is 104 Å². The third-order valence-electron chi connectivity index (χ3n) is 8.06. The number of hydrogen-bond acceptors (Lipinski definition) is 7. The molecule has 10 heteroatoms. The van der Waals surface area contributed by atoms with E-state index in [-0.39, 0.29) is 32.1 Å². The predicted octanol–water partition coefficient (Wildman–Crippen LogP) is 11.3. The van der Waals surface area contributed by atoms with Crippen LogP contribution in [-0.4, -0.2) is 54.3 Å². The van der Waals surface area contributed by atoms with Gasteiger partial charge in [-0.3, -0.25) is 18.6 Å². The molecule has 0 saturated carbocycles. The Bertz CT molecular complexity index is 1160. The van der Waals surface area contributed by atoms with Gasteiger partial charge in [-0.2, -0.15) is 0 Å². The van der Waals surface area contributed by atoms with Gasteiger partial charge >= 0.3 is 13.8 Å². The topological polar surface area (TPSA) is 131 Å². The Hall–Kier alpha value is -2.81. The van der Waals surface area contributed by atoms with Crippen molar-refractivity contribution >= 4 is 19.7 Å². The number of aliphatic hydroxyl groups excluding tert-OH is 1. The number of amides is 1. The van der Waals surface area contributed by atoms with E-state index >= 15 is 0 Å². The standard InChI is InChI=1S/C44H74NO8P/c1-3-5-7-9-11-13-15-17-19-21-22-24-26-28-30-32-34-36-43(47)45-38-39-52-54(49,50)53-41-42(46)40-51-44(48)37-35-33-31-29-27-25-23-20-18-16-14-12-10-8-6-4-2/h5,7,11,13-14,16-17,19-20,22-24,28,30,42,46H,3-4,6,8-10,12,15,18,21,25-27,29,31-41H2,1-2H3,(H,45,47)(H,49,50)/b7-5-,13-11-,16-14-,19-17-,23-20-,24-22-,30-28-. The van der Waals surface area contributed by atoms with Gasteiger partial charge in [0.25, 0.3) is 0 Å². The highest BCUT2D eigenvalue weighted by Crippen LogP contribution is 2.42. The highest BCUT2D eigenvalue weighted by Gasteiger charge is 2.23. The summed E-state index contributed by atoms with van der Waals surface area (Å²) in [5, 5.41) is 12.6. The summed E-state index contributed by atoms with van der Waals surface area (Å²) < 4.78 is 26.8.